The molecule has 0 aromatic heterocycles. The first-order chi connectivity index (χ1) is 9.22. The summed E-state index contributed by atoms with van der Waals surface area (Å²) in [6, 6.07) is 9.86. The Kier molecular flexibility index (Phi) is 5.74. The van der Waals surface area contributed by atoms with E-state index in [1.54, 1.807) is 11.8 Å². The molecule has 2 rings (SSSR count). The number of benzene rings is 1. The maximum absolute atomic E-state index is 9.16. The van der Waals surface area contributed by atoms with Crippen molar-refractivity contribution in [2.75, 3.05) is 12.9 Å². The number of aliphatic hydroxyl groups is 1. The molecular formula is C16H25NOS. The van der Waals surface area contributed by atoms with Crippen molar-refractivity contribution in [3.8, 4) is 0 Å². The SMILES string of the molecule is CSc1ccc(C(C)NC2CCC(CO)CC2)cc1. The highest BCUT2D eigenvalue weighted by Gasteiger charge is 2.21. The zero-order chi connectivity index (χ0) is 13.7. The molecule has 2 N–H and O–H groups in total. The first kappa shape index (κ1) is 14.9. The predicted molar refractivity (Wildman–Crippen MR) is 82.6 cm³/mol. The van der Waals surface area contributed by atoms with Crippen LogP contribution >= 0.6 is 11.8 Å². The van der Waals surface area contributed by atoms with Crippen molar-refractivity contribution in [3.63, 3.8) is 0 Å². The van der Waals surface area contributed by atoms with Gasteiger partial charge in [0.25, 0.3) is 0 Å². The molecule has 1 fully saturated rings. The van der Waals surface area contributed by atoms with E-state index in [2.05, 4.69) is 42.8 Å². The van der Waals surface area contributed by atoms with Crippen LogP contribution in [0.1, 0.15) is 44.2 Å². The lowest BCUT2D eigenvalue weighted by Gasteiger charge is -2.30. The summed E-state index contributed by atoms with van der Waals surface area (Å²) < 4.78 is 0. The molecule has 1 aromatic rings. The van der Waals surface area contributed by atoms with Crippen LogP contribution in [0, 0.1) is 5.92 Å². The van der Waals surface area contributed by atoms with Gasteiger partial charge in [-0.05, 0) is 62.5 Å². The quantitative estimate of drug-likeness (QED) is 0.808. The van der Waals surface area contributed by atoms with Gasteiger partial charge in [0.2, 0.25) is 0 Å². The fourth-order valence-corrected chi connectivity index (χ4v) is 3.26. The van der Waals surface area contributed by atoms with Crippen molar-refractivity contribution in [3.05, 3.63) is 29.8 Å². The summed E-state index contributed by atoms with van der Waals surface area (Å²) in [6.45, 7) is 2.60. The van der Waals surface area contributed by atoms with Crippen molar-refractivity contribution in [1.82, 2.24) is 5.32 Å². The Morgan fingerprint density at radius 1 is 1.21 bits per heavy atom. The van der Waals surface area contributed by atoms with Crippen molar-refractivity contribution in [2.24, 2.45) is 5.92 Å². The van der Waals surface area contributed by atoms with Crippen LogP contribution < -0.4 is 5.32 Å². The molecule has 0 heterocycles. The van der Waals surface area contributed by atoms with E-state index in [1.807, 2.05) is 0 Å². The van der Waals surface area contributed by atoms with Crippen molar-refractivity contribution < 1.29 is 5.11 Å². The summed E-state index contributed by atoms with van der Waals surface area (Å²) in [4.78, 5) is 1.32. The van der Waals surface area contributed by atoms with Crippen LogP contribution in [0.15, 0.2) is 29.2 Å². The first-order valence-corrected chi connectivity index (χ1v) is 8.46. The Morgan fingerprint density at radius 3 is 2.37 bits per heavy atom. The molecule has 1 saturated carbocycles. The van der Waals surface area contributed by atoms with Crippen LogP contribution in [0.5, 0.6) is 0 Å². The fourth-order valence-electron chi connectivity index (χ4n) is 2.85. The molecule has 0 radical (unpaired) electrons. The van der Waals surface area contributed by atoms with Crippen LogP contribution in [0.3, 0.4) is 0 Å². The van der Waals surface area contributed by atoms with Gasteiger partial charge in [-0.15, -0.1) is 11.8 Å². The van der Waals surface area contributed by atoms with E-state index in [0.717, 1.165) is 12.8 Å². The van der Waals surface area contributed by atoms with Gasteiger partial charge in [0, 0.05) is 23.6 Å². The van der Waals surface area contributed by atoms with Crippen LogP contribution in [0.2, 0.25) is 0 Å². The van der Waals surface area contributed by atoms with E-state index in [1.165, 1.54) is 23.3 Å². The second-order valence-corrected chi connectivity index (χ2v) is 6.44. The van der Waals surface area contributed by atoms with E-state index >= 15 is 0 Å². The third kappa shape index (κ3) is 4.23. The number of thioether (sulfide) groups is 1. The molecule has 0 amide bonds. The van der Waals surface area contributed by atoms with E-state index in [9.17, 15) is 0 Å². The van der Waals surface area contributed by atoms with Gasteiger partial charge >= 0.3 is 0 Å². The number of rotatable bonds is 5. The molecule has 3 heteroatoms. The van der Waals surface area contributed by atoms with Gasteiger partial charge in [-0.2, -0.15) is 0 Å². The Hall–Kier alpha value is -0.510. The standard InChI is InChI=1S/C16H25NOS/c1-12(14-5-9-16(19-2)10-6-14)17-15-7-3-13(11-18)4-8-15/h5-6,9-10,12-13,15,17-18H,3-4,7-8,11H2,1-2H3. The van der Waals surface area contributed by atoms with Gasteiger partial charge in [-0.3, -0.25) is 0 Å². The van der Waals surface area contributed by atoms with Crippen molar-refractivity contribution >= 4 is 11.8 Å². The second kappa shape index (κ2) is 7.32. The van der Waals surface area contributed by atoms with E-state index in [-0.39, 0.29) is 0 Å². The highest BCUT2D eigenvalue weighted by Crippen LogP contribution is 2.26. The minimum Gasteiger partial charge on any atom is -0.396 e. The summed E-state index contributed by atoms with van der Waals surface area (Å²) in [5.74, 6) is 0.536. The summed E-state index contributed by atoms with van der Waals surface area (Å²) in [6.07, 6.45) is 6.81. The molecule has 0 bridgehead atoms. The molecule has 1 unspecified atom stereocenters. The van der Waals surface area contributed by atoms with Crippen molar-refractivity contribution in [2.45, 2.75) is 49.6 Å². The zero-order valence-corrected chi connectivity index (χ0v) is 12.7. The molecular weight excluding hydrogens is 254 g/mol. The second-order valence-electron chi connectivity index (χ2n) is 5.56. The van der Waals surface area contributed by atoms with E-state index < -0.39 is 0 Å². The average Bonchev–Trinajstić information content (AvgIpc) is 2.48. The van der Waals surface area contributed by atoms with Gasteiger partial charge in [-0.25, -0.2) is 0 Å². The minimum atomic E-state index is 0.360. The summed E-state index contributed by atoms with van der Waals surface area (Å²) in [7, 11) is 0. The highest BCUT2D eigenvalue weighted by atomic mass is 32.2. The van der Waals surface area contributed by atoms with E-state index in [4.69, 9.17) is 5.11 Å². The zero-order valence-electron chi connectivity index (χ0n) is 11.9. The average molecular weight is 279 g/mol. The third-order valence-corrected chi connectivity index (χ3v) is 4.95. The number of hydrogen-bond donors (Lipinski definition) is 2. The molecule has 0 spiro atoms. The summed E-state index contributed by atoms with van der Waals surface area (Å²) in [5.41, 5.74) is 1.36. The Morgan fingerprint density at radius 2 is 1.84 bits per heavy atom. The molecule has 106 valence electrons. The molecule has 0 saturated heterocycles. The topological polar surface area (TPSA) is 32.3 Å². The van der Waals surface area contributed by atoms with Crippen LogP contribution in [0.4, 0.5) is 0 Å². The number of hydrogen-bond acceptors (Lipinski definition) is 3. The fraction of sp³-hybridized carbons (Fsp3) is 0.625. The van der Waals surface area contributed by atoms with Crippen LogP contribution in [-0.2, 0) is 0 Å². The minimum absolute atomic E-state index is 0.360. The lowest BCUT2D eigenvalue weighted by molar-refractivity contribution is 0.172. The van der Waals surface area contributed by atoms with Gasteiger partial charge in [0.1, 0.15) is 0 Å². The Bertz CT molecular complexity index is 371. The van der Waals surface area contributed by atoms with E-state index in [0.29, 0.717) is 24.6 Å². The van der Waals surface area contributed by atoms with Gasteiger partial charge in [0.15, 0.2) is 0 Å². The van der Waals surface area contributed by atoms with Gasteiger partial charge < -0.3 is 10.4 Å². The molecule has 2 nitrogen and oxygen atoms in total. The van der Waals surface area contributed by atoms with Crippen LogP contribution in [0.25, 0.3) is 0 Å². The molecule has 0 aliphatic heterocycles. The molecule has 1 aliphatic rings. The predicted octanol–water partition coefficient (Wildman–Crippen LogP) is 3.61. The lowest BCUT2D eigenvalue weighted by Crippen LogP contribution is -2.35. The third-order valence-electron chi connectivity index (χ3n) is 4.21. The lowest BCUT2D eigenvalue weighted by atomic mass is 9.86. The maximum atomic E-state index is 9.16. The molecule has 1 atom stereocenters. The van der Waals surface area contributed by atoms with Gasteiger partial charge in [-0.1, -0.05) is 12.1 Å². The monoisotopic (exact) mass is 279 g/mol. The molecule has 1 aliphatic carbocycles. The Balaban J connectivity index is 1.85. The summed E-state index contributed by atoms with van der Waals surface area (Å²) in [5, 5.41) is 12.9. The molecule has 1 aromatic carbocycles. The molecule has 19 heavy (non-hydrogen) atoms. The summed E-state index contributed by atoms with van der Waals surface area (Å²) >= 11 is 1.78. The number of nitrogens with one attached hydrogen (secondary N) is 1. The largest absolute Gasteiger partial charge is 0.396 e. The van der Waals surface area contributed by atoms with Crippen molar-refractivity contribution in [1.29, 1.82) is 0 Å². The Labute approximate surface area is 121 Å². The van der Waals surface area contributed by atoms with Gasteiger partial charge in [0.05, 0.1) is 0 Å². The first-order valence-electron chi connectivity index (χ1n) is 7.23. The number of aliphatic hydroxyl groups excluding tert-OH is 1. The maximum Gasteiger partial charge on any atom is 0.0459 e. The van der Waals surface area contributed by atoms with Crippen LogP contribution in [-0.4, -0.2) is 24.0 Å². The normalized spacial score (nSPS) is 25.2. The smallest absolute Gasteiger partial charge is 0.0459 e. The highest BCUT2D eigenvalue weighted by molar-refractivity contribution is 7.98.